The Morgan fingerprint density at radius 3 is 2.12 bits per heavy atom. The van der Waals surface area contributed by atoms with E-state index in [-0.39, 0.29) is 0 Å². The van der Waals surface area contributed by atoms with Crippen LogP contribution in [0.5, 0.6) is 0 Å². The number of rotatable bonds is 6. The molecule has 4 heterocycles. The molecule has 12 nitrogen and oxygen atoms in total. The molecule has 0 bridgehead atoms. The first-order valence-corrected chi connectivity index (χ1v) is 18.8. The molecule has 2 saturated heterocycles. The third kappa shape index (κ3) is 5.52. The molecule has 2 amide bonds. The van der Waals surface area contributed by atoms with E-state index in [1.807, 2.05) is 45.0 Å². The summed E-state index contributed by atoms with van der Waals surface area (Å²) < 4.78 is 12.3. The van der Waals surface area contributed by atoms with Crippen molar-refractivity contribution < 1.29 is 39.5 Å². The molecular formula is C39H49ClN4O8. The molecule has 0 radical (unpaired) electrons. The van der Waals surface area contributed by atoms with Gasteiger partial charge in [0.25, 0.3) is 0 Å². The van der Waals surface area contributed by atoms with Crippen molar-refractivity contribution in [2.45, 2.75) is 132 Å². The first kappa shape index (κ1) is 37.0. The number of nitrogens with two attached hydrogens (primary N) is 2. The van der Waals surface area contributed by atoms with Crippen molar-refractivity contribution in [2.75, 3.05) is 5.32 Å². The van der Waals surface area contributed by atoms with Gasteiger partial charge in [0.05, 0.1) is 34.6 Å². The maximum atomic E-state index is 12.1. The lowest BCUT2D eigenvalue weighted by atomic mass is 9.61. The van der Waals surface area contributed by atoms with E-state index in [0.29, 0.717) is 48.4 Å². The normalized spacial score (nSPS) is 37.2. The highest BCUT2D eigenvalue weighted by atomic mass is 35.5. The highest BCUT2D eigenvalue weighted by Crippen LogP contribution is 2.57. The van der Waals surface area contributed by atoms with Crippen molar-refractivity contribution in [1.82, 2.24) is 0 Å². The molecule has 1 saturated carbocycles. The molecule has 280 valence electrons. The molecule has 0 aromatic heterocycles. The SMILES string of the molecule is CCC1OC(C23CCCC(C(N)=O)=C2Nc2ccc(C)cc23)C(O)C1O.CCC1OC(C23CCCC(C(N)=O)C2=Nc2ccc(Cl)cc23)C(O)C1O. The number of anilines is 1. The molecule has 2 aliphatic carbocycles. The molecule has 13 heteroatoms. The van der Waals surface area contributed by atoms with Gasteiger partial charge in [-0.15, -0.1) is 0 Å². The number of aryl methyl sites for hydroxylation is 1. The largest absolute Gasteiger partial charge is 0.388 e. The molecule has 2 aromatic rings. The lowest BCUT2D eigenvalue weighted by molar-refractivity contribution is -0.120. The number of aliphatic hydroxyl groups is 4. The van der Waals surface area contributed by atoms with E-state index >= 15 is 0 Å². The predicted octanol–water partition coefficient (Wildman–Crippen LogP) is 3.33. The van der Waals surface area contributed by atoms with Crippen LogP contribution in [0, 0.1) is 12.8 Å². The van der Waals surface area contributed by atoms with E-state index in [2.05, 4.69) is 11.4 Å². The van der Waals surface area contributed by atoms with Gasteiger partial charge in [0, 0.05) is 27.7 Å². The van der Waals surface area contributed by atoms with Crippen molar-refractivity contribution >= 4 is 40.5 Å². The van der Waals surface area contributed by atoms with Gasteiger partial charge in [-0.05, 0) is 87.3 Å². The molecule has 8 rings (SSSR count). The summed E-state index contributed by atoms with van der Waals surface area (Å²) in [6, 6.07) is 11.5. The summed E-state index contributed by atoms with van der Waals surface area (Å²) in [5.41, 5.74) is 16.4. The fraction of sp³-hybridized carbons (Fsp3) is 0.564. The summed E-state index contributed by atoms with van der Waals surface area (Å²) >= 11 is 6.25. The molecule has 11 unspecified atom stereocenters. The molecule has 11 atom stereocenters. The minimum Gasteiger partial charge on any atom is -0.388 e. The molecule has 52 heavy (non-hydrogen) atoms. The summed E-state index contributed by atoms with van der Waals surface area (Å²) in [6.45, 7) is 5.85. The fourth-order valence-corrected chi connectivity index (χ4v) is 10.1. The minimum atomic E-state index is -1.07. The zero-order chi connectivity index (χ0) is 37.3. The van der Waals surface area contributed by atoms with Crippen LogP contribution in [0.4, 0.5) is 11.4 Å². The lowest BCUT2D eigenvalue weighted by Gasteiger charge is -2.43. The second-order valence-corrected chi connectivity index (χ2v) is 15.6. The monoisotopic (exact) mass is 736 g/mol. The zero-order valence-corrected chi connectivity index (χ0v) is 30.5. The number of hydrogen-bond donors (Lipinski definition) is 7. The maximum Gasteiger partial charge on any atom is 0.246 e. The van der Waals surface area contributed by atoms with Gasteiger partial charge in [0.2, 0.25) is 11.8 Å². The summed E-state index contributed by atoms with van der Waals surface area (Å²) in [5.74, 6) is -1.38. The van der Waals surface area contributed by atoms with Gasteiger partial charge in [0.15, 0.2) is 0 Å². The van der Waals surface area contributed by atoms with Crippen molar-refractivity contribution in [3.8, 4) is 0 Å². The third-order valence-corrected chi connectivity index (χ3v) is 12.6. The number of benzene rings is 2. The number of hydrogen-bond acceptors (Lipinski definition) is 10. The van der Waals surface area contributed by atoms with Crippen molar-refractivity contribution in [2.24, 2.45) is 22.4 Å². The van der Waals surface area contributed by atoms with Gasteiger partial charge < -0.3 is 46.7 Å². The number of nitrogens with one attached hydrogen (secondary N) is 1. The second-order valence-electron chi connectivity index (χ2n) is 15.2. The number of nitrogens with zero attached hydrogens (tertiary/aromatic N) is 1. The lowest BCUT2D eigenvalue weighted by Crippen LogP contribution is -2.56. The van der Waals surface area contributed by atoms with Crippen molar-refractivity contribution in [1.29, 1.82) is 0 Å². The molecule has 0 spiro atoms. The Morgan fingerprint density at radius 1 is 0.885 bits per heavy atom. The number of aliphatic hydroxyl groups excluding tert-OH is 4. The van der Waals surface area contributed by atoms with E-state index in [1.165, 1.54) is 0 Å². The summed E-state index contributed by atoms with van der Waals surface area (Å²) in [6.07, 6.45) is -0.847. The van der Waals surface area contributed by atoms with Crippen LogP contribution in [0.1, 0.15) is 81.9 Å². The fourth-order valence-electron chi connectivity index (χ4n) is 9.88. The van der Waals surface area contributed by atoms with Gasteiger partial charge in [-0.25, -0.2) is 0 Å². The van der Waals surface area contributed by atoms with Crippen LogP contribution in [0.15, 0.2) is 52.7 Å². The highest BCUT2D eigenvalue weighted by molar-refractivity contribution is 6.31. The summed E-state index contributed by atoms with van der Waals surface area (Å²) in [7, 11) is 0. The standard InChI is InChI=1S/C20H26N2O4.C19H23ClN2O4/c1-3-14-15(23)16(24)18(26-14)20-8-4-5-11(19(21)25)17(20)22-13-7-6-10(2)9-12(13)20;1-2-13-14(23)15(24)17(26-13)19-7-3-4-10(18(21)25)16(19)22-12-6-5-9(20)8-11(12)19/h6-7,9,14-16,18,22-24H,3-5,8H2,1-2H3,(H2,21,25);5-6,8,10,13-15,17,23-24H,2-4,7H2,1H3,(H2,21,25). The Hall–Kier alpha value is -3.36. The van der Waals surface area contributed by atoms with E-state index < -0.39 is 77.4 Å². The van der Waals surface area contributed by atoms with Crippen LogP contribution in [0.2, 0.25) is 5.02 Å². The van der Waals surface area contributed by atoms with Crippen LogP contribution >= 0.6 is 11.6 Å². The number of halogens is 1. The Morgan fingerprint density at radius 2 is 1.52 bits per heavy atom. The van der Waals surface area contributed by atoms with Crippen LogP contribution in [0.3, 0.4) is 0 Å². The average Bonchev–Trinajstić information content (AvgIpc) is 3.82. The second kappa shape index (κ2) is 13.8. The van der Waals surface area contributed by atoms with E-state index in [0.717, 1.165) is 53.0 Å². The molecular weight excluding hydrogens is 688 g/mol. The quantitative estimate of drug-likeness (QED) is 0.232. The minimum absolute atomic E-state index is 0.418. The van der Waals surface area contributed by atoms with E-state index in [4.69, 9.17) is 37.5 Å². The number of primary amides is 2. The van der Waals surface area contributed by atoms with Crippen molar-refractivity contribution in [3.63, 3.8) is 0 Å². The van der Waals surface area contributed by atoms with Crippen LogP contribution in [0.25, 0.3) is 0 Å². The van der Waals surface area contributed by atoms with Crippen LogP contribution < -0.4 is 16.8 Å². The first-order valence-electron chi connectivity index (χ1n) is 18.4. The predicted molar refractivity (Wildman–Crippen MR) is 195 cm³/mol. The van der Waals surface area contributed by atoms with Gasteiger partial charge in [0.1, 0.15) is 36.6 Å². The van der Waals surface area contributed by atoms with E-state index in [1.54, 1.807) is 6.07 Å². The first-order chi connectivity index (χ1) is 24.8. The van der Waals surface area contributed by atoms with Gasteiger partial charge in [-0.2, -0.15) is 0 Å². The molecule has 9 N–H and O–H groups in total. The average molecular weight is 737 g/mol. The number of carbonyl (C=O) groups is 2. The number of carbonyl (C=O) groups excluding carboxylic acids is 2. The third-order valence-electron chi connectivity index (χ3n) is 12.3. The topological polar surface area (TPSA) is 210 Å². The summed E-state index contributed by atoms with van der Waals surface area (Å²) in [5, 5.41) is 46.4. The molecule has 2 aromatic carbocycles. The Bertz CT molecular complexity index is 1830. The number of ether oxygens (including phenoxy) is 2. The van der Waals surface area contributed by atoms with Gasteiger partial charge in [-0.3, -0.25) is 14.6 Å². The number of aliphatic imine (C=N–C) groups is 1. The summed E-state index contributed by atoms with van der Waals surface area (Å²) in [4.78, 5) is 28.9. The maximum absolute atomic E-state index is 12.1. The van der Waals surface area contributed by atoms with Crippen LogP contribution in [-0.2, 0) is 29.9 Å². The molecule has 6 aliphatic rings. The Labute approximate surface area is 308 Å². The highest BCUT2D eigenvalue weighted by Gasteiger charge is 2.62. The molecule has 3 fully saturated rings. The number of amides is 2. The Kier molecular flexibility index (Phi) is 9.82. The van der Waals surface area contributed by atoms with Crippen molar-refractivity contribution in [3.05, 3.63) is 69.4 Å². The van der Waals surface area contributed by atoms with Gasteiger partial charge >= 0.3 is 0 Å². The Balaban J connectivity index is 0.000000162. The number of fused-ring (bicyclic) bond motifs is 6. The zero-order valence-electron chi connectivity index (χ0n) is 29.7. The van der Waals surface area contributed by atoms with Gasteiger partial charge in [-0.1, -0.05) is 49.6 Å². The molecule has 4 aliphatic heterocycles. The van der Waals surface area contributed by atoms with Crippen LogP contribution in [-0.4, -0.2) is 86.8 Å². The smallest absolute Gasteiger partial charge is 0.246 e. The van der Waals surface area contributed by atoms with E-state index in [9.17, 15) is 30.0 Å².